The molecule has 1 rings (SSSR count). The van der Waals surface area contributed by atoms with Crippen LogP contribution in [-0.4, -0.2) is 30.5 Å². The Hall–Kier alpha value is -1.14. The van der Waals surface area contributed by atoms with Gasteiger partial charge >= 0.3 is 0 Å². The first kappa shape index (κ1) is 10.9. The van der Waals surface area contributed by atoms with Crippen LogP contribution in [0.15, 0.2) is 0 Å². The molecule has 2 atom stereocenters. The number of hydrogen-bond donors (Lipinski definition) is 3. The second-order valence-electron chi connectivity index (χ2n) is 3.61. The maximum Gasteiger partial charge on any atom is 0.268 e. The summed E-state index contributed by atoms with van der Waals surface area (Å²) in [6, 6.07) is -1.21. The molecule has 1 aliphatic heterocycles. The van der Waals surface area contributed by atoms with E-state index in [1.54, 1.807) is 0 Å². The Morgan fingerprint density at radius 2 is 2.36 bits per heavy atom. The van der Waals surface area contributed by atoms with Crippen LogP contribution < -0.4 is 16.5 Å². The number of nitrogens with one attached hydrogen (secondary N) is 2. The van der Waals surface area contributed by atoms with E-state index in [4.69, 9.17) is 5.73 Å². The third kappa shape index (κ3) is 2.43. The lowest BCUT2D eigenvalue weighted by atomic mass is 10.0. The Balaban J connectivity index is 2.44. The smallest absolute Gasteiger partial charge is 0.268 e. The molecule has 2 amide bonds. The largest absolute Gasteiger partial charge is 0.341 e. The van der Waals surface area contributed by atoms with Crippen LogP contribution in [0.5, 0.6) is 0 Å². The SMILES string of the molecule is CC(C)[C@H](N)C(=O)NC1CONC1=O. The molecule has 0 radical (unpaired) electrons. The van der Waals surface area contributed by atoms with Crippen molar-refractivity contribution in [3.05, 3.63) is 0 Å². The second-order valence-corrected chi connectivity index (χ2v) is 3.61. The predicted molar refractivity (Wildman–Crippen MR) is 48.8 cm³/mol. The van der Waals surface area contributed by atoms with E-state index in [1.165, 1.54) is 0 Å². The van der Waals surface area contributed by atoms with Crippen molar-refractivity contribution in [2.24, 2.45) is 11.7 Å². The van der Waals surface area contributed by atoms with Crippen molar-refractivity contribution >= 4 is 11.8 Å². The summed E-state index contributed by atoms with van der Waals surface area (Å²) in [5.74, 6) is -0.625. The Morgan fingerprint density at radius 1 is 1.71 bits per heavy atom. The van der Waals surface area contributed by atoms with Gasteiger partial charge in [0, 0.05) is 0 Å². The van der Waals surface area contributed by atoms with Gasteiger partial charge in [0.05, 0.1) is 6.04 Å². The lowest BCUT2D eigenvalue weighted by Gasteiger charge is -2.16. The summed E-state index contributed by atoms with van der Waals surface area (Å²) in [5, 5.41) is 2.51. The number of carbonyl (C=O) groups excluding carboxylic acids is 2. The number of hydrogen-bond acceptors (Lipinski definition) is 4. The maximum absolute atomic E-state index is 11.4. The number of amides is 2. The highest BCUT2D eigenvalue weighted by molar-refractivity contribution is 5.90. The van der Waals surface area contributed by atoms with E-state index in [-0.39, 0.29) is 24.3 Å². The molecule has 6 nitrogen and oxygen atoms in total. The number of rotatable bonds is 3. The minimum Gasteiger partial charge on any atom is -0.341 e. The van der Waals surface area contributed by atoms with Crippen LogP contribution in [0.4, 0.5) is 0 Å². The van der Waals surface area contributed by atoms with Gasteiger partial charge in [-0.05, 0) is 5.92 Å². The summed E-state index contributed by atoms with van der Waals surface area (Å²) >= 11 is 0. The van der Waals surface area contributed by atoms with E-state index in [0.29, 0.717) is 0 Å². The summed E-state index contributed by atoms with van der Waals surface area (Å²) < 4.78 is 0. The van der Waals surface area contributed by atoms with Crippen molar-refractivity contribution < 1.29 is 14.4 Å². The molecule has 0 aliphatic carbocycles. The van der Waals surface area contributed by atoms with E-state index < -0.39 is 12.1 Å². The van der Waals surface area contributed by atoms with Gasteiger partial charge in [-0.15, -0.1) is 0 Å². The zero-order valence-corrected chi connectivity index (χ0v) is 8.24. The summed E-state index contributed by atoms with van der Waals surface area (Å²) in [6.45, 7) is 3.83. The van der Waals surface area contributed by atoms with Crippen LogP contribution in [0.25, 0.3) is 0 Å². The van der Waals surface area contributed by atoms with Crippen molar-refractivity contribution in [2.75, 3.05) is 6.61 Å². The highest BCUT2D eigenvalue weighted by atomic mass is 16.7. The molecule has 0 aromatic rings. The Labute approximate surface area is 82.1 Å². The van der Waals surface area contributed by atoms with Gasteiger partial charge in [-0.25, -0.2) is 5.48 Å². The number of carbonyl (C=O) groups is 2. The van der Waals surface area contributed by atoms with Crippen LogP contribution in [0.1, 0.15) is 13.8 Å². The summed E-state index contributed by atoms with van der Waals surface area (Å²) in [7, 11) is 0. The zero-order chi connectivity index (χ0) is 10.7. The van der Waals surface area contributed by atoms with Gasteiger partial charge in [-0.2, -0.15) is 0 Å². The van der Waals surface area contributed by atoms with Crippen molar-refractivity contribution in [1.82, 2.24) is 10.8 Å². The quantitative estimate of drug-likeness (QED) is 0.519. The lowest BCUT2D eigenvalue weighted by Crippen LogP contribution is -2.50. The molecule has 1 saturated heterocycles. The molecule has 1 heterocycles. The Bertz CT molecular complexity index is 242. The van der Waals surface area contributed by atoms with Gasteiger partial charge in [0.1, 0.15) is 12.6 Å². The average Bonchev–Trinajstić information content (AvgIpc) is 2.50. The van der Waals surface area contributed by atoms with Gasteiger partial charge in [0.2, 0.25) is 5.91 Å². The maximum atomic E-state index is 11.4. The molecule has 14 heavy (non-hydrogen) atoms. The number of nitrogens with two attached hydrogens (primary N) is 1. The molecular formula is C8H15N3O3. The van der Waals surface area contributed by atoms with Gasteiger partial charge in [0.15, 0.2) is 0 Å². The van der Waals surface area contributed by atoms with E-state index in [2.05, 4.69) is 15.6 Å². The highest BCUT2D eigenvalue weighted by Crippen LogP contribution is 2.00. The van der Waals surface area contributed by atoms with Gasteiger partial charge < -0.3 is 11.1 Å². The molecule has 0 aromatic heterocycles. The van der Waals surface area contributed by atoms with E-state index in [9.17, 15) is 9.59 Å². The van der Waals surface area contributed by atoms with Crippen LogP contribution >= 0.6 is 0 Å². The lowest BCUT2D eigenvalue weighted by molar-refractivity contribution is -0.129. The van der Waals surface area contributed by atoms with Crippen LogP contribution in [-0.2, 0) is 14.4 Å². The highest BCUT2D eigenvalue weighted by Gasteiger charge is 2.29. The van der Waals surface area contributed by atoms with E-state index in [1.807, 2.05) is 13.8 Å². The van der Waals surface area contributed by atoms with Crippen LogP contribution in [0, 0.1) is 5.92 Å². The standard InChI is InChI=1S/C8H15N3O3/c1-4(2)6(9)8(13)10-5-3-14-11-7(5)12/h4-6H,3,9H2,1-2H3,(H,10,13)(H,11,12)/t5?,6-/m0/s1. The fourth-order valence-electron chi connectivity index (χ4n) is 1.02. The topological polar surface area (TPSA) is 93.5 Å². The predicted octanol–water partition coefficient (Wildman–Crippen LogP) is -1.48. The Kier molecular flexibility index (Phi) is 3.43. The molecular weight excluding hydrogens is 186 g/mol. The first-order valence-corrected chi connectivity index (χ1v) is 4.50. The second kappa shape index (κ2) is 4.39. The third-order valence-corrected chi connectivity index (χ3v) is 2.08. The Morgan fingerprint density at radius 3 is 2.79 bits per heavy atom. The van der Waals surface area contributed by atoms with Gasteiger partial charge in [-0.3, -0.25) is 14.4 Å². The van der Waals surface area contributed by atoms with Crippen molar-refractivity contribution in [3.8, 4) is 0 Å². The normalized spacial score (nSPS) is 23.4. The average molecular weight is 201 g/mol. The zero-order valence-electron chi connectivity index (χ0n) is 8.24. The summed E-state index contributed by atoms with van der Waals surface area (Å²) in [5.41, 5.74) is 7.75. The van der Waals surface area contributed by atoms with Crippen molar-refractivity contribution in [2.45, 2.75) is 25.9 Å². The molecule has 0 aromatic carbocycles. The van der Waals surface area contributed by atoms with E-state index >= 15 is 0 Å². The first-order chi connectivity index (χ1) is 6.52. The van der Waals surface area contributed by atoms with Gasteiger partial charge in [0.25, 0.3) is 5.91 Å². The molecule has 80 valence electrons. The monoisotopic (exact) mass is 201 g/mol. The first-order valence-electron chi connectivity index (χ1n) is 4.50. The molecule has 0 spiro atoms. The van der Waals surface area contributed by atoms with E-state index in [0.717, 1.165) is 0 Å². The van der Waals surface area contributed by atoms with Crippen LogP contribution in [0.3, 0.4) is 0 Å². The molecule has 1 unspecified atom stereocenters. The molecule has 6 heteroatoms. The number of hydroxylamine groups is 1. The van der Waals surface area contributed by atoms with Crippen LogP contribution in [0.2, 0.25) is 0 Å². The fraction of sp³-hybridized carbons (Fsp3) is 0.750. The minimum absolute atomic E-state index is 0.0420. The third-order valence-electron chi connectivity index (χ3n) is 2.08. The molecule has 4 N–H and O–H groups in total. The van der Waals surface area contributed by atoms with Gasteiger partial charge in [-0.1, -0.05) is 13.8 Å². The summed E-state index contributed by atoms with van der Waals surface area (Å²) in [4.78, 5) is 27.1. The molecule has 1 aliphatic rings. The summed E-state index contributed by atoms with van der Waals surface area (Å²) in [6.07, 6.45) is 0. The molecule has 1 fully saturated rings. The minimum atomic E-state index is -0.618. The molecule has 0 bridgehead atoms. The molecule has 0 saturated carbocycles. The van der Waals surface area contributed by atoms with Crippen molar-refractivity contribution in [3.63, 3.8) is 0 Å². The van der Waals surface area contributed by atoms with Crippen molar-refractivity contribution in [1.29, 1.82) is 0 Å². The fourth-order valence-corrected chi connectivity index (χ4v) is 1.02.